The van der Waals surface area contributed by atoms with Gasteiger partial charge in [-0.2, -0.15) is 0 Å². The average Bonchev–Trinajstić information content (AvgIpc) is 3.67. The molecule has 3 aliphatic heterocycles. The molecule has 216 valence electrons. The fourth-order valence-corrected chi connectivity index (χ4v) is 6.25. The lowest BCUT2D eigenvalue weighted by Crippen LogP contribution is -2.34. The van der Waals surface area contributed by atoms with E-state index < -0.39 is 17.6 Å². The Morgan fingerprint density at radius 2 is 2.05 bits per heavy atom. The molecule has 0 amide bonds. The SMILES string of the molecule is CC1(c2ccc(Cl)cc2F)Oc2cccc(C3CCN(Cc4ncc(/C=C/C(=O)O)n4C[C@H]4CCCO4)CC3)c2O1. The van der Waals surface area contributed by atoms with Gasteiger partial charge in [0.25, 0.3) is 5.79 Å². The number of halogens is 2. The summed E-state index contributed by atoms with van der Waals surface area (Å²) in [6.45, 7) is 5.54. The molecule has 2 saturated heterocycles. The van der Waals surface area contributed by atoms with Gasteiger partial charge in [-0.15, -0.1) is 0 Å². The van der Waals surface area contributed by atoms with Gasteiger partial charge < -0.3 is 23.9 Å². The van der Waals surface area contributed by atoms with Gasteiger partial charge in [0.05, 0.1) is 36.6 Å². The molecule has 1 N–H and O–H groups in total. The number of nitrogens with zero attached hydrogens (tertiary/aromatic N) is 3. The Kier molecular flexibility index (Phi) is 7.76. The van der Waals surface area contributed by atoms with Crippen LogP contribution in [0.25, 0.3) is 6.08 Å². The highest BCUT2D eigenvalue weighted by Crippen LogP contribution is 2.49. The Morgan fingerprint density at radius 1 is 1.22 bits per heavy atom. The van der Waals surface area contributed by atoms with Crippen molar-refractivity contribution in [2.45, 2.75) is 63.5 Å². The molecular formula is C31H33ClFN3O5. The van der Waals surface area contributed by atoms with E-state index in [2.05, 4.69) is 20.5 Å². The van der Waals surface area contributed by atoms with Gasteiger partial charge >= 0.3 is 5.97 Å². The van der Waals surface area contributed by atoms with Gasteiger partial charge in [0.2, 0.25) is 0 Å². The second kappa shape index (κ2) is 11.5. The molecule has 3 aliphatic rings. The quantitative estimate of drug-likeness (QED) is 0.328. The third-order valence-electron chi connectivity index (χ3n) is 8.20. The third-order valence-corrected chi connectivity index (χ3v) is 8.43. The first kappa shape index (κ1) is 27.8. The van der Waals surface area contributed by atoms with E-state index in [0.717, 1.165) is 68.5 Å². The van der Waals surface area contributed by atoms with Crippen molar-refractivity contribution < 1.29 is 28.5 Å². The number of carboxylic acid groups (broad SMARTS) is 1. The fourth-order valence-electron chi connectivity index (χ4n) is 6.09. The molecule has 2 atom stereocenters. The zero-order valence-electron chi connectivity index (χ0n) is 22.9. The highest BCUT2D eigenvalue weighted by Gasteiger charge is 2.43. The first-order valence-electron chi connectivity index (χ1n) is 14.0. The van der Waals surface area contributed by atoms with Crippen molar-refractivity contribution in [3.63, 3.8) is 0 Å². The summed E-state index contributed by atoms with van der Waals surface area (Å²) >= 11 is 5.96. The maximum Gasteiger partial charge on any atom is 0.328 e. The zero-order chi connectivity index (χ0) is 28.6. The summed E-state index contributed by atoms with van der Waals surface area (Å²) in [7, 11) is 0. The van der Waals surface area contributed by atoms with Gasteiger partial charge in [0.15, 0.2) is 11.5 Å². The number of rotatable bonds is 8. The number of aliphatic carboxylic acids is 1. The minimum absolute atomic E-state index is 0.111. The van der Waals surface area contributed by atoms with E-state index in [0.29, 0.717) is 35.2 Å². The van der Waals surface area contributed by atoms with Crippen molar-refractivity contribution in [3.8, 4) is 11.5 Å². The van der Waals surface area contributed by atoms with Crippen LogP contribution in [-0.4, -0.2) is 51.3 Å². The van der Waals surface area contributed by atoms with Gasteiger partial charge in [-0.05, 0) is 75.0 Å². The predicted molar refractivity (Wildman–Crippen MR) is 152 cm³/mol. The van der Waals surface area contributed by atoms with Crippen molar-refractivity contribution in [2.75, 3.05) is 19.7 Å². The molecule has 1 aromatic heterocycles. The molecule has 2 fully saturated rings. The van der Waals surface area contributed by atoms with Gasteiger partial charge in [0.1, 0.15) is 11.6 Å². The number of para-hydroxylation sites is 1. The number of piperidine rings is 1. The van der Waals surface area contributed by atoms with Crippen LogP contribution in [0, 0.1) is 5.82 Å². The molecule has 0 spiro atoms. The summed E-state index contributed by atoms with van der Waals surface area (Å²) in [5.41, 5.74) is 2.14. The van der Waals surface area contributed by atoms with Crippen molar-refractivity contribution in [1.82, 2.24) is 14.5 Å². The van der Waals surface area contributed by atoms with E-state index >= 15 is 0 Å². The molecule has 3 aromatic rings. The Labute approximate surface area is 243 Å². The molecule has 10 heteroatoms. The molecule has 41 heavy (non-hydrogen) atoms. The van der Waals surface area contributed by atoms with Gasteiger partial charge in [-0.3, -0.25) is 4.90 Å². The van der Waals surface area contributed by atoms with Crippen molar-refractivity contribution >= 4 is 23.6 Å². The zero-order valence-corrected chi connectivity index (χ0v) is 23.6. The number of likely N-dealkylation sites (tertiary alicyclic amines) is 1. The summed E-state index contributed by atoms with van der Waals surface area (Å²) in [6.07, 6.45) is 8.46. The van der Waals surface area contributed by atoms with E-state index in [4.69, 9.17) is 30.9 Å². The van der Waals surface area contributed by atoms with Crippen LogP contribution in [0.15, 0.2) is 48.7 Å². The maximum atomic E-state index is 14.8. The number of fused-ring (bicyclic) bond motifs is 1. The minimum Gasteiger partial charge on any atom is -0.478 e. The number of carbonyl (C=O) groups is 1. The topological polar surface area (TPSA) is 86.1 Å². The summed E-state index contributed by atoms with van der Waals surface area (Å²) in [6, 6.07) is 10.4. The molecule has 2 aromatic carbocycles. The second-order valence-electron chi connectivity index (χ2n) is 11.0. The Balaban J connectivity index is 1.14. The highest BCUT2D eigenvalue weighted by atomic mass is 35.5. The highest BCUT2D eigenvalue weighted by molar-refractivity contribution is 6.30. The van der Waals surface area contributed by atoms with E-state index in [9.17, 15) is 9.18 Å². The summed E-state index contributed by atoms with van der Waals surface area (Å²) in [5, 5.41) is 9.44. The molecule has 0 aliphatic carbocycles. The number of aromatic nitrogens is 2. The molecule has 6 rings (SSSR count). The standard InChI is InChI=1S/C31H33ClFN3O5/c1-31(25-9-7-21(32)16-26(25)33)40-27-6-2-5-24(30(27)41-31)20-11-13-35(14-12-20)19-28-34-17-22(8-10-29(37)38)36(28)18-23-4-3-15-39-23/h2,5-10,16-17,20,23H,3-4,11-15,18-19H2,1H3,(H,37,38)/b10-8+/t23-,31?/m1/s1. The number of benzene rings is 2. The van der Waals surface area contributed by atoms with Crippen molar-refractivity contribution in [3.05, 3.63) is 82.2 Å². The van der Waals surface area contributed by atoms with Crippen LogP contribution in [0.4, 0.5) is 4.39 Å². The van der Waals surface area contributed by atoms with Crippen LogP contribution in [0.5, 0.6) is 11.5 Å². The van der Waals surface area contributed by atoms with Crippen LogP contribution in [0.2, 0.25) is 5.02 Å². The maximum absolute atomic E-state index is 14.8. The second-order valence-corrected chi connectivity index (χ2v) is 11.5. The first-order valence-corrected chi connectivity index (χ1v) is 14.4. The largest absolute Gasteiger partial charge is 0.478 e. The van der Waals surface area contributed by atoms with Gasteiger partial charge in [-0.25, -0.2) is 14.2 Å². The predicted octanol–water partition coefficient (Wildman–Crippen LogP) is 5.98. The van der Waals surface area contributed by atoms with E-state index in [1.807, 2.05) is 12.1 Å². The molecule has 0 radical (unpaired) electrons. The Hall–Kier alpha value is -3.40. The summed E-state index contributed by atoms with van der Waals surface area (Å²) in [4.78, 5) is 18.2. The third kappa shape index (κ3) is 5.84. The Bertz CT molecular complexity index is 1460. The van der Waals surface area contributed by atoms with Crippen LogP contribution in [0.3, 0.4) is 0 Å². The molecule has 0 saturated carbocycles. The van der Waals surface area contributed by atoms with Crippen LogP contribution >= 0.6 is 11.6 Å². The summed E-state index contributed by atoms with van der Waals surface area (Å²) in [5.74, 6) is -0.281. The lowest BCUT2D eigenvalue weighted by molar-refractivity contribution is -0.131. The van der Waals surface area contributed by atoms with Gasteiger partial charge in [0, 0.05) is 30.2 Å². The summed E-state index contributed by atoms with van der Waals surface area (Å²) < 4.78 is 35.2. The van der Waals surface area contributed by atoms with Crippen LogP contribution < -0.4 is 9.47 Å². The van der Waals surface area contributed by atoms with Crippen molar-refractivity contribution in [1.29, 1.82) is 0 Å². The number of imidazole rings is 1. The number of hydrogen-bond donors (Lipinski definition) is 1. The monoisotopic (exact) mass is 581 g/mol. The van der Waals surface area contributed by atoms with Gasteiger partial charge in [-0.1, -0.05) is 23.7 Å². The van der Waals surface area contributed by atoms with E-state index in [1.54, 1.807) is 31.3 Å². The number of ether oxygens (including phenoxy) is 3. The van der Waals surface area contributed by atoms with E-state index in [-0.39, 0.29) is 12.0 Å². The Morgan fingerprint density at radius 3 is 2.78 bits per heavy atom. The lowest BCUT2D eigenvalue weighted by Gasteiger charge is -2.32. The molecular weight excluding hydrogens is 549 g/mol. The normalized spacial score (nSPS) is 23.0. The van der Waals surface area contributed by atoms with Crippen LogP contribution in [-0.2, 0) is 28.4 Å². The lowest BCUT2D eigenvalue weighted by atomic mass is 9.88. The minimum atomic E-state index is -1.28. The number of hydrogen-bond acceptors (Lipinski definition) is 6. The smallest absolute Gasteiger partial charge is 0.328 e. The fraction of sp³-hybridized carbons (Fsp3) is 0.419. The molecule has 0 bridgehead atoms. The first-order chi connectivity index (χ1) is 19.8. The molecule has 1 unspecified atom stereocenters. The number of carboxylic acids is 1. The molecule has 8 nitrogen and oxygen atoms in total. The van der Waals surface area contributed by atoms with E-state index in [1.165, 1.54) is 6.07 Å². The molecule has 4 heterocycles. The average molecular weight is 582 g/mol. The van der Waals surface area contributed by atoms with Crippen molar-refractivity contribution in [2.24, 2.45) is 0 Å². The van der Waals surface area contributed by atoms with Crippen LogP contribution in [0.1, 0.15) is 61.2 Å².